The third kappa shape index (κ3) is 8.94. The third-order valence-corrected chi connectivity index (χ3v) is 0.822. The molecule has 0 saturated heterocycles. The summed E-state index contributed by atoms with van der Waals surface area (Å²) in [6.07, 6.45) is -0.301. The molecule has 0 amide bonds. The van der Waals surface area contributed by atoms with Crippen molar-refractivity contribution in [3.05, 3.63) is 0 Å². The fourth-order valence-corrected chi connectivity index (χ4v) is 0.402. The molecule has 74 valence electrons. The summed E-state index contributed by atoms with van der Waals surface area (Å²) in [6.45, 7) is 1.96. The van der Waals surface area contributed by atoms with Crippen molar-refractivity contribution in [2.24, 2.45) is 0 Å². The van der Waals surface area contributed by atoms with Gasteiger partial charge >= 0.3 is 11.9 Å². The van der Waals surface area contributed by atoms with Crippen LogP contribution < -0.4 is 0 Å². The maximum atomic E-state index is 10.5. The lowest BCUT2D eigenvalue weighted by molar-refractivity contribution is -0.152. The van der Waals surface area contributed by atoms with Crippen LogP contribution in [0.5, 0.6) is 0 Å². The van der Waals surface area contributed by atoms with E-state index in [0.29, 0.717) is 0 Å². The van der Waals surface area contributed by atoms with Crippen LogP contribution >= 0.6 is 0 Å². The Labute approximate surface area is 73.9 Å². The van der Waals surface area contributed by atoms with Crippen LogP contribution in [0.25, 0.3) is 0 Å². The molecule has 4 nitrogen and oxygen atoms in total. The summed E-state index contributed by atoms with van der Waals surface area (Å²) < 4.78 is 8.70. The van der Waals surface area contributed by atoms with E-state index in [1.54, 1.807) is 6.92 Å². The smallest absolute Gasteiger partial charge is 0.317 e. The maximum Gasteiger partial charge on any atom is 0.317 e. The predicted octanol–water partition coefficient (Wildman–Crippen LogP) is 1.38. The fourth-order valence-electron chi connectivity index (χ4n) is 0.402. The molecule has 0 fully saturated rings. The van der Waals surface area contributed by atoms with Crippen molar-refractivity contribution in [2.45, 2.75) is 28.2 Å². The SMILES string of the molecule is C.C.CCOC(=O)CC(=O)OC. The summed E-state index contributed by atoms with van der Waals surface area (Å²) in [5.74, 6) is -1.12. The van der Waals surface area contributed by atoms with Gasteiger partial charge in [-0.25, -0.2) is 0 Å². The van der Waals surface area contributed by atoms with Gasteiger partial charge in [-0.05, 0) is 6.92 Å². The number of methoxy groups -OCH3 is 1. The molecule has 0 aromatic rings. The number of hydrogen-bond acceptors (Lipinski definition) is 4. The van der Waals surface area contributed by atoms with Gasteiger partial charge in [0.15, 0.2) is 0 Å². The predicted molar refractivity (Wildman–Crippen MR) is 46.7 cm³/mol. The highest BCUT2D eigenvalue weighted by Gasteiger charge is 2.08. The molecular formula is C8H18O4. The first kappa shape index (κ1) is 17.1. The molecule has 0 unspecified atom stereocenters. The summed E-state index contributed by atoms with van der Waals surface area (Å²) >= 11 is 0. The van der Waals surface area contributed by atoms with Crippen molar-refractivity contribution in [3.8, 4) is 0 Å². The van der Waals surface area contributed by atoms with Gasteiger partial charge in [0.1, 0.15) is 6.42 Å². The molecule has 0 heterocycles. The molecule has 12 heavy (non-hydrogen) atoms. The lowest BCUT2D eigenvalue weighted by atomic mass is 10.4. The molecule has 0 radical (unpaired) electrons. The molecule has 0 aliphatic carbocycles. The van der Waals surface area contributed by atoms with E-state index in [-0.39, 0.29) is 27.9 Å². The first-order chi connectivity index (χ1) is 4.70. The van der Waals surface area contributed by atoms with E-state index in [0.717, 1.165) is 0 Å². The zero-order valence-electron chi connectivity index (χ0n) is 6.05. The van der Waals surface area contributed by atoms with Crippen LogP contribution in [0.4, 0.5) is 0 Å². The molecule has 0 aliphatic heterocycles. The van der Waals surface area contributed by atoms with Crippen LogP contribution in [0.3, 0.4) is 0 Å². The van der Waals surface area contributed by atoms with Crippen LogP contribution in [0.2, 0.25) is 0 Å². The minimum atomic E-state index is -0.571. The van der Waals surface area contributed by atoms with E-state index in [1.807, 2.05) is 0 Å². The van der Waals surface area contributed by atoms with Crippen molar-refractivity contribution in [2.75, 3.05) is 13.7 Å². The molecule has 0 atom stereocenters. The van der Waals surface area contributed by atoms with Gasteiger partial charge in [0, 0.05) is 0 Å². The molecule has 0 aromatic heterocycles. The van der Waals surface area contributed by atoms with Crippen molar-refractivity contribution in [3.63, 3.8) is 0 Å². The van der Waals surface area contributed by atoms with Gasteiger partial charge in [-0.15, -0.1) is 0 Å². The van der Waals surface area contributed by atoms with E-state index in [1.165, 1.54) is 7.11 Å². The van der Waals surface area contributed by atoms with Gasteiger partial charge in [-0.1, -0.05) is 14.9 Å². The summed E-state index contributed by atoms with van der Waals surface area (Å²) in [5.41, 5.74) is 0. The highest BCUT2D eigenvalue weighted by atomic mass is 16.5. The van der Waals surface area contributed by atoms with E-state index in [9.17, 15) is 9.59 Å². The highest BCUT2D eigenvalue weighted by molar-refractivity contribution is 5.91. The van der Waals surface area contributed by atoms with Crippen LogP contribution in [0, 0.1) is 0 Å². The molecule has 4 heteroatoms. The Hall–Kier alpha value is -1.06. The third-order valence-electron chi connectivity index (χ3n) is 0.822. The van der Waals surface area contributed by atoms with Gasteiger partial charge in [0.2, 0.25) is 0 Å². The van der Waals surface area contributed by atoms with Crippen LogP contribution in [0.15, 0.2) is 0 Å². The molecule has 0 rings (SSSR count). The Bertz CT molecular complexity index is 131. The standard InChI is InChI=1S/C6H10O4.2CH4/c1-3-10-6(8)4-5(7)9-2;;/h3-4H2,1-2H3;2*1H4. The number of hydrogen-bond donors (Lipinski definition) is 0. The number of carbonyl (C=O) groups is 2. The van der Waals surface area contributed by atoms with Gasteiger partial charge in [0.05, 0.1) is 13.7 Å². The van der Waals surface area contributed by atoms with Crippen molar-refractivity contribution >= 4 is 11.9 Å². The zero-order chi connectivity index (χ0) is 7.98. The van der Waals surface area contributed by atoms with Crippen LogP contribution in [-0.4, -0.2) is 25.7 Å². The van der Waals surface area contributed by atoms with Crippen molar-refractivity contribution in [1.82, 2.24) is 0 Å². The summed E-state index contributed by atoms with van der Waals surface area (Å²) in [6, 6.07) is 0. The molecule has 0 N–H and O–H groups in total. The first-order valence-corrected chi connectivity index (χ1v) is 2.93. The van der Waals surface area contributed by atoms with Crippen LogP contribution in [-0.2, 0) is 19.1 Å². The molecule has 0 bridgehead atoms. The van der Waals surface area contributed by atoms with Crippen molar-refractivity contribution in [1.29, 1.82) is 0 Å². The van der Waals surface area contributed by atoms with E-state index in [2.05, 4.69) is 9.47 Å². The van der Waals surface area contributed by atoms with E-state index >= 15 is 0 Å². The largest absolute Gasteiger partial charge is 0.469 e. The monoisotopic (exact) mass is 178 g/mol. The second kappa shape index (κ2) is 9.94. The molecule has 0 aromatic carbocycles. The van der Waals surface area contributed by atoms with Gasteiger partial charge < -0.3 is 9.47 Å². The molecule has 0 aliphatic rings. The summed E-state index contributed by atoms with van der Waals surface area (Å²) in [4.78, 5) is 20.9. The molecular weight excluding hydrogens is 160 g/mol. The van der Waals surface area contributed by atoms with E-state index < -0.39 is 11.9 Å². The minimum absolute atomic E-state index is 0. The zero-order valence-corrected chi connectivity index (χ0v) is 6.05. The Morgan fingerprint density at radius 2 is 1.67 bits per heavy atom. The summed E-state index contributed by atoms with van der Waals surface area (Å²) in [7, 11) is 1.22. The van der Waals surface area contributed by atoms with Crippen LogP contribution in [0.1, 0.15) is 28.2 Å². The minimum Gasteiger partial charge on any atom is -0.469 e. The number of esters is 2. The van der Waals surface area contributed by atoms with Crippen molar-refractivity contribution < 1.29 is 19.1 Å². The van der Waals surface area contributed by atoms with E-state index in [4.69, 9.17) is 0 Å². The lowest BCUT2D eigenvalue weighted by Gasteiger charge is -1.98. The second-order valence-corrected chi connectivity index (χ2v) is 1.56. The Kier molecular flexibility index (Phi) is 14.2. The Balaban J connectivity index is -0.000000405. The van der Waals surface area contributed by atoms with Gasteiger partial charge in [-0.3, -0.25) is 9.59 Å². The fraction of sp³-hybridized carbons (Fsp3) is 0.750. The topological polar surface area (TPSA) is 52.6 Å². The number of rotatable bonds is 3. The Morgan fingerprint density at radius 1 is 1.17 bits per heavy atom. The average Bonchev–Trinajstić information content (AvgIpc) is 1.88. The first-order valence-electron chi connectivity index (χ1n) is 2.93. The molecule has 0 saturated carbocycles. The maximum absolute atomic E-state index is 10.5. The number of carbonyl (C=O) groups excluding carboxylic acids is 2. The second-order valence-electron chi connectivity index (χ2n) is 1.56. The quantitative estimate of drug-likeness (QED) is 0.484. The number of ether oxygens (including phenoxy) is 2. The lowest BCUT2D eigenvalue weighted by Crippen LogP contribution is -2.11. The van der Waals surface area contributed by atoms with Gasteiger partial charge in [-0.2, -0.15) is 0 Å². The highest BCUT2D eigenvalue weighted by Crippen LogP contribution is 1.87. The Morgan fingerprint density at radius 3 is 2.00 bits per heavy atom. The average molecular weight is 178 g/mol. The van der Waals surface area contributed by atoms with Gasteiger partial charge in [0.25, 0.3) is 0 Å². The summed E-state index contributed by atoms with van der Waals surface area (Å²) in [5, 5.41) is 0. The molecule has 0 spiro atoms. The normalized spacial score (nSPS) is 7.17.